The summed E-state index contributed by atoms with van der Waals surface area (Å²) >= 11 is 0. The first-order valence-corrected chi connectivity index (χ1v) is 4.71. The highest BCUT2D eigenvalue weighted by molar-refractivity contribution is 5.19. The molecule has 3 heteroatoms. The van der Waals surface area contributed by atoms with Crippen LogP contribution in [0.1, 0.15) is 18.5 Å². The summed E-state index contributed by atoms with van der Waals surface area (Å²) in [4.78, 5) is 2.02. The third-order valence-electron chi connectivity index (χ3n) is 2.47. The van der Waals surface area contributed by atoms with E-state index in [0.29, 0.717) is 6.54 Å². The molecule has 0 saturated carbocycles. The Bertz CT molecular complexity index is 273. The molecule has 0 amide bonds. The van der Waals surface area contributed by atoms with Gasteiger partial charge in [-0.3, -0.25) is 4.90 Å². The second kappa shape index (κ2) is 5.08. The van der Waals surface area contributed by atoms with Crippen LogP contribution in [0, 0.1) is 5.82 Å². The van der Waals surface area contributed by atoms with Crippen LogP contribution in [0.2, 0.25) is 0 Å². The van der Waals surface area contributed by atoms with Crippen molar-refractivity contribution < 1.29 is 9.50 Å². The predicted octanol–water partition coefficient (Wildman–Crippen LogP) is 1.81. The molecule has 14 heavy (non-hydrogen) atoms. The first-order chi connectivity index (χ1) is 6.65. The Morgan fingerprint density at radius 1 is 1.36 bits per heavy atom. The SMILES string of the molecule is CC(c1ccc(F)cc1)N(C)CCO. The quantitative estimate of drug-likeness (QED) is 0.795. The summed E-state index contributed by atoms with van der Waals surface area (Å²) in [6.45, 7) is 2.80. The molecule has 0 aromatic heterocycles. The third kappa shape index (κ3) is 2.79. The molecule has 0 fully saturated rings. The number of aliphatic hydroxyl groups excluding tert-OH is 1. The molecule has 0 radical (unpaired) electrons. The normalized spacial score (nSPS) is 13.2. The van der Waals surface area contributed by atoms with Gasteiger partial charge in [-0.05, 0) is 31.7 Å². The van der Waals surface area contributed by atoms with Crippen molar-refractivity contribution in [3.63, 3.8) is 0 Å². The van der Waals surface area contributed by atoms with Crippen molar-refractivity contribution in [3.05, 3.63) is 35.6 Å². The standard InChI is InChI=1S/C11H16FNO/c1-9(13(2)7-8-14)10-3-5-11(12)6-4-10/h3-6,9,14H,7-8H2,1-2H3. The van der Waals surface area contributed by atoms with Crippen LogP contribution in [-0.2, 0) is 0 Å². The number of halogens is 1. The van der Waals surface area contributed by atoms with Gasteiger partial charge in [-0.2, -0.15) is 0 Å². The fourth-order valence-corrected chi connectivity index (χ4v) is 1.35. The van der Waals surface area contributed by atoms with E-state index in [1.807, 2.05) is 18.9 Å². The lowest BCUT2D eigenvalue weighted by Gasteiger charge is -2.24. The van der Waals surface area contributed by atoms with E-state index in [-0.39, 0.29) is 18.5 Å². The molecule has 1 atom stereocenters. The molecule has 0 aliphatic rings. The van der Waals surface area contributed by atoms with E-state index in [1.54, 1.807) is 12.1 Å². The maximum atomic E-state index is 12.6. The number of nitrogens with zero attached hydrogens (tertiary/aromatic N) is 1. The molecule has 0 spiro atoms. The van der Waals surface area contributed by atoms with Gasteiger partial charge in [-0.15, -0.1) is 0 Å². The van der Waals surface area contributed by atoms with Gasteiger partial charge in [0.25, 0.3) is 0 Å². The zero-order valence-corrected chi connectivity index (χ0v) is 8.57. The van der Waals surface area contributed by atoms with Gasteiger partial charge in [0.15, 0.2) is 0 Å². The zero-order valence-electron chi connectivity index (χ0n) is 8.57. The van der Waals surface area contributed by atoms with Crippen molar-refractivity contribution in [2.24, 2.45) is 0 Å². The van der Waals surface area contributed by atoms with Crippen LogP contribution >= 0.6 is 0 Å². The molecular weight excluding hydrogens is 181 g/mol. The van der Waals surface area contributed by atoms with Gasteiger partial charge in [-0.25, -0.2) is 4.39 Å². The lowest BCUT2D eigenvalue weighted by atomic mass is 10.1. The van der Waals surface area contributed by atoms with Crippen LogP contribution in [0.5, 0.6) is 0 Å². The van der Waals surface area contributed by atoms with Crippen molar-refractivity contribution in [3.8, 4) is 0 Å². The first kappa shape index (κ1) is 11.1. The van der Waals surface area contributed by atoms with Crippen molar-refractivity contribution in [1.29, 1.82) is 0 Å². The molecule has 0 aliphatic carbocycles. The second-order valence-electron chi connectivity index (χ2n) is 3.43. The molecule has 78 valence electrons. The highest BCUT2D eigenvalue weighted by Crippen LogP contribution is 2.18. The van der Waals surface area contributed by atoms with E-state index in [2.05, 4.69) is 0 Å². The Labute approximate surface area is 84.0 Å². The van der Waals surface area contributed by atoms with E-state index in [1.165, 1.54) is 12.1 Å². The maximum Gasteiger partial charge on any atom is 0.123 e. The van der Waals surface area contributed by atoms with Crippen LogP contribution in [0.15, 0.2) is 24.3 Å². The third-order valence-corrected chi connectivity index (χ3v) is 2.47. The Morgan fingerprint density at radius 3 is 2.43 bits per heavy atom. The van der Waals surface area contributed by atoms with Crippen LogP contribution in [0.3, 0.4) is 0 Å². The average Bonchev–Trinajstić information content (AvgIpc) is 2.18. The summed E-state index contributed by atoms with van der Waals surface area (Å²) in [5.41, 5.74) is 1.06. The number of rotatable bonds is 4. The van der Waals surface area contributed by atoms with Crippen molar-refractivity contribution in [2.75, 3.05) is 20.2 Å². The lowest BCUT2D eigenvalue weighted by Crippen LogP contribution is -2.25. The summed E-state index contributed by atoms with van der Waals surface area (Å²) < 4.78 is 12.6. The monoisotopic (exact) mass is 197 g/mol. The first-order valence-electron chi connectivity index (χ1n) is 4.71. The van der Waals surface area contributed by atoms with Gasteiger partial charge in [0, 0.05) is 12.6 Å². The van der Waals surface area contributed by atoms with E-state index in [0.717, 1.165) is 5.56 Å². The van der Waals surface area contributed by atoms with E-state index >= 15 is 0 Å². The Hall–Kier alpha value is -0.930. The second-order valence-corrected chi connectivity index (χ2v) is 3.43. The average molecular weight is 197 g/mol. The topological polar surface area (TPSA) is 23.5 Å². The van der Waals surface area contributed by atoms with Gasteiger partial charge in [0.2, 0.25) is 0 Å². The molecule has 1 rings (SSSR count). The van der Waals surface area contributed by atoms with Crippen LogP contribution in [-0.4, -0.2) is 30.2 Å². The van der Waals surface area contributed by atoms with E-state index in [4.69, 9.17) is 5.11 Å². The number of benzene rings is 1. The van der Waals surface area contributed by atoms with Crippen molar-refractivity contribution in [2.45, 2.75) is 13.0 Å². The van der Waals surface area contributed by atoms with Crippen LogP contribution in [0.4, 0.5) is 4.39 Å². The molecule has 0 heterocycles. The molecule has 1 unspecified atom stereocenters. The van der Waals surface area contributed by atoms with Crippen LogP contribution < -0.4 is 0 Å². The molecule has 0 saturated heterocycles. The molecule has 1 aromatic carbocycles. The minimum Gasteiger partial charge on any atom is -0.395 e. The number of hydrogen-bond acceptors (Lipinski definition) is 2. The van der Waals surface area contributed by atoms with Crippen molar-refractivity contribution in [1.82, 2.24) is 4.90 Å². The highest BCUT2D eigenvalue weighted by Gasteiger charge is 2.10. The van der Waals surface area contributed by atoms with Gasteiger partial charge >= 0.3 is 0 Å². The largest absolute Gasteiger partial charge is 0.395 e. The molecule has 1 aromatic rings. The number of hydrogen-bond donors (Lipinski definition) is 1. The highest BCUT2D eigenvalue weighted by atomic mass is 19.1. The number of likely N-dealkylation sites (N-methyl/N-ethyl adjacent to an activating group) is 1. The lowest BCUT2D eigenvalue weighted by molar-refractivity contribution is 0.188. The fraction of sp³-hybridized carbons (Fsp3) is 0.455. The van der Waals surface area contributed by atoms with E-state index in [9.17, 15) is 4.39 Å². The molecule has 2 nitrogen and oxygen atoms in total. The smallest absolute Gasteiger partial charge is 0.123 e. The minimum atomic E-state index is -0.217. The van der Waals surface area contributed by atoms with Crippen molar-refractivity contribution >= 4 is 0 Å². The molecule has 0 aliphatic heterocycles. The fourth-order valence-electron chi connectivity index (χ4n) is 1.35. The summed E-state index contributed by atoms with van der Waals surface area (Å²) in [5, 5.41) is 8.77. The summed E-state index contributed by atoms with van der Waals surface area (Å²) in [6, 6.07) is 6.65. The minimum absolute atomic E-state index is 0.141. The van der Waals surface area contributed by atoms with Gasteiger partial charge in [0.1, 0.15) is 5.82 Å². The zero-order chi connectivity index (χ0) is 10.6. The Kier molecular flexibility index (Phi) is 4.04. The maximum absolute atomic E-state index is 12.6. The summed E-state index contributed by atoms with van der Waals surface area (Å²) in [7, 11) is 1.93. The Morgan fingerprint density at radius 2 is 1.93 bits per heavy atom. The molecular formula is C11H16FNO. The van der Waals surface area contributed by atoms with Crippen LogP contribution in [0.25, 0.3) is 0 Å². The number of aliphatic hydroxyl groups is 1. The van der Waals surface area contributed by atoms with Gasteiger partial charge < -0.3 is 5.11 Å². The predicted molar refractivity (Wildman–Crippen MR) is 54.5 cm³/mol. The van der Waals surface area contributed by atoms with Gasteiger partial charge in [-0.1, -0.05) is 12.1 Å². The van der Waals surface area contributed by atoms with E-state index < -0.39 is 0 Å². The summed E-state index contributed by atoms with van der Waals surface area (Å²) in [5.74, 6) is -0.217. The molecule has 0 bridgehead atoms. The Balaban J connectivity index is 2.68. The molecule has 1 N–H and O–H groups in total. The van der Waals surface area contributed by atoms with Gasteiger partial charge in [0.05, 0.1) is 6.61 Å². The summed E-state index contributed by atoms with van der Waals surface area (Å²) in [6.07, 6.45) is 0.